The summed E-state index contributed by atoms with van der Waals surface area (Å²) in [6, 6.07) is 9.53. The monoisotopic (exact) mass is 387 g/mol. The zero-order valence-electron chi connectivity index (χ0n) is 15.8. The van der Waals surface area contributed by atoms with Crippen LogP contribution in [0.3, 0.4) is 0 Å². The number of halogens is 3. The Morgan fingerprint density at radius 2 is 1.71 bits per heavy atom. The fourth-order valence-electron chi connectivity index (χ4n) is 3.05. The lowest BCUT2D eigenvalue weighted by molar-refractivity contribution is -0.129. The van der Waals surface area contributed by atoms with E-state index in [1.54, 1.807) is 23.9 Å². The van der Waals surface area contributed by atoms with Gasteiger partial charge in [-0.1, -0.05) is 6.07 Å². The van der Waals surface area contributed by atoms with Crippen molar-refractivity contribution >= 4 is 5.91 Å². The topological polar surface area (TPSA) is 38.1 Å². The molecule has 0 N–H and O–H groups in total. The molecule has 0 radical (unpaired) electrons. The predicted molar refractivity (Wildman–Crippen MR) is 99.5 cm³/mol. The first-order valence-electron chi connectivity index (χ1n) is 8.75. The summed E-state index contributed by atoms with van der Waals surface area (Å²) < 4.78 is 41.2. The van der Waals surface area contributed by atoms with Gasteiger partial charge in [0.25, 0.3) is 0 Å². The number of amides is 1. The molecule has 0 bridgehead atoms. The van der Waals surface area contributed by atoms with Gasteiger partial charge >= 0.3 is 0 Å². The quantitative estimate of drug-likeness (QED) is 0.661. The number of hydrogen-bond acceptors (Lipinski definition) is 2. The summed E-state index contributed by atoms with van der Waals surface area (Å²) >= 11 is 0. The largest absolute Gasteiger partial charge is 0.341 e. The first kappa shape index (κ1) is 19.7. The van der Waals surface area contributed by atoms with Crippen LogP contribution in [0, 0.1) is 31.3 Å². The molecule has 7 heteroatoms. The SMILES string of the molecule is Cc1nn(-c2ccc(F)cc2)c(C)c1CC(=O)N(C)Cc1ccc(F)c(F)c1. The van der Waals surface area contributed by atoms with Gasteiger partial charge in [-0.3, -0.25) is 4.79 Å². The van der Waals surface area contributed by atoms with E-state index < -0.39 is 11.6 Å². The number of carbonyl (C=O) groups excluding carboxylic acids is 1. The number of rotatable bonds is 5. The van der Waals surface area contributed by atoms with Gasteiger partial charge in [0.2, 0.25) is 5.91 Å². The van der Waals surface area contributed by atoms with Crippen LogP contribution in [0.2, 0.25) is 0 Å². The second-order valence-corrected chi connectivity index (χ2v) is 6.71. The molecular weight excluding hydrogens is 367 g/mol. The lowest BCUT2D eigenvalue weighted by Gasteiger charge is -2.17. The molecule has 0 atom stereocenters. The second kappa shape index (κ2) is 7.88. The highest BCUT2D eigenvalue weighted by Crippen LogP contribution is 2.20. The minimum absolute atomic E-state index is 0.124. The molecule has 0 saturated heterocycles. The van der Waals surface area contributed by atoms with Crippen LogP contribution < -0.4 is 0 Å². The Labute approximate surface area is 161 Å². The minimum Gasteiger partial charge on any atom is -0.341 e. The van der Waals surface area contributed by atoms with Crippen molar-refractivity contribution in [3.05, 3.63) is 82.4 Å². The number of aryl methyl sites for hydroxylation is 1. The molecular formula is C21H20F3N3O. The van der Waals surface area contributed by atoms with E-state index in [0.29, 0.717) is 16.9 Å². The van der Waals surface area contributed by atoms with Crippen LogP contribution in [-0.4, -0.2) is 27.6 Å². The summed E-state index contributed by atoms with van der Waals surface area (Å²) in [5.74, 6) is -2.36. The second-order valence-electron chi connectivity index (χ2n) is 6.71. The summed E-state index contributed by atoms with van der Waals surface area (Å²) in [4.78, 5) is 14.1. The Morgan fingerprint density at radius 1 is 1.04 bits per heavy atom. The van der Waals surface area contributed by atoms with E-state index in [1.807, 2.05) is 13.8 Å². The molecule has 0 aliphatic carbocycles. The summed E-state index contributed by atoms with van der Waals surface area (Å²) in [5.41, 5.74) is 3.49. The van der Waals surface area contributed by atoms with Gasteiger partial charge in [-0.25, -0.2) is 17.9 Å². The van der Waals surface area contributed by atoms with Gasteiger partial charge in [-0.05, 0) is 55.8 Å². The maximum absolute atomic E-state index is 13.4. The lowest BCUT2D eigenvalue weighted by Crippen LogP contribution is -2.28. The van der Waals surface area contributed by atoms with Gasteiger partial charge in [0.15, 0.2) is 11.6 Å². The van der Waals surface area contributed by atoms with Crippen LogP contribution in [0.15, 0.2) is 42.5 Å². The van der Waals surface area contributed by atoms with Crippen molar-refractivity contribution in [3.8, 4) is 5.69 Å². The van der Waals surface area contributed by atoms with E-state index in [-0.39, 0.29) is 24.7 Å². The number of carbonyl (C=O) groups is 1. The Kier molecular flexibility index (Phi) is 5.53. The van der Waals surface area contributed by atoms with E-state index in [1.165, 1.54) is 23.1 Å². The molecule has 0 aliphatic heterocycles. The standard InChI is InChI=1S/C21H20F3N3O/c1-13-18(14(2)27(25-13)17-7-5-16(22)6-8-17)11-21(28)26(3)12-15-4-9-19(23)20(24)10-15/h4-10H,11-12H2,1-3H3. The van der Waals surface area contributed by atoms with Crippen molar-refractivity contribution in [1.29, 1.82) is 0 Å². The molecule has 0 unspecified atom stereocenters. The van der Waals surface area contributed by atoms with Gasteiger partial charge in [0.05, 0.1) is 17.8 Å². The maximum atomic E-state index is 13.4. The Balaban J connectivity index is 1.76. The highest BCUT2D eigenvalue weighted by atomic mass is 19.2. The molecule has 146 valence electrons. The third-order valence-corrected chi connectivity index (χ3v) is 4.67. The number of benzene rings is 2. The number of hydrogen-bond donors (Lipinski definition) is 0. The molecule has 1 heterocycles. The van der Waals surface area contributed by atoms with Gasteiger partial charge in [0, 0.05) is 24.8 Å². The van der Waals surface area contributed by atoms with E-state index in [2.05, 4.69) is 5.10 Å². The summed E-state index contributed by atoms with van der Waals surface area (Å²) in [6.45, 7) is 3.83. The molecule has 0 saturated carbocycles. The lowest BCUT2D eigenvalue weighted by atomic mass is 10.1. The van der Waals surface area contributed by atoms with E-state index >= 15 is 0 Å². The van der Waals surface area contributed by atoms with Crippen molar-refractivity contribution in [1.82, 2.24) is 14.7 Å². The van der Waals surface area contributed by atoms with Crippen LogP contribution in [0.5, 0.6) is 0 Å². The fourth-order valence-corrected chi connectivity index (χ4v) is 3.05. The number of nitrogens with zero attached hydrogens (tertiary/aromatic N) is 3. The summed E-state index contributed by atoms with van der Waals surface area (Å²) in [6.07, 6.45) is 0.124. The molecule has 0 fully saturated rings. The highest BCUT2D eigenvalue weighted by molar-refractivity contribution is 5.79. The van der Waals surface area contributed by atoms with Gasteiger partial charge in [0.1, 0.15) is 5.82 Å². The normalized spacial score (nSPS) is 10.9. The average molecular weight is 387 g/mol. The predicted octanol–water partition coefficient (Wildman–Crippen LogP) is 4.11. The number of aromatic nitrogens is 2. The summed E-state index contributed by atoms with van der Waals surface area (Å²) in [5, 5.41) is 4.46. The Hall–Kier alpha value is -3.09. The zero-order chi connectivity index (χ0) is 20.4. The first-order valence-corrected chi connectivity index (χ1v) is 8.75. The van der Waals surface area contributed by atoms with Crippen molar-refractivity contribution in [3.63, 3.8) is 0 Å². The van der Waals surface area contributed by atoms with Crippen molar-refractivity contribution < 1.29 is 18.0 Å². The van der Waals surface area contributed by atoms with Crippen LogP contribution in [-0.2, 0) is 17.8 Å². The maximum Gasteiger partial charge on any atom is 0.227 e. The van der Waals surface area contributed by atoms with Crippen molar-refractivity contribution in [2.75, 3.05) is 7.05 Å². The summed E-state index contributed by atoms with van der Waals surface area (Å²) in [7, 11) is 1.61. The molecule has 1 amide bonds. The number of likely N-dealkylation sites (N-methyl/N-ethyl adjacent to an activating group) is 1. The van der Waals surface area contributed by atoms with E-state index in [0.717, 1.165) is 23.4 Å². The molecule has 28 heavy (non-hydrogen) atoms. The van der Waals surface area contributed by atoms with Crippen LogP contribution in [0.1, 0.15) is 22.5 Å². The molecule has 0 aliphatic rings. The minimum atomic E-state index is -0.939. The molecule has 3 aromatic rings. The third-order valence-electron chi connectivity index (χ3n) is 4.67. The average Bonchev–Trinajstić information content (AvgIpc) is 2.93. The van der Waals surface area contributed by atoms with Crippen LogP contribution in [0.25, 0.3) is 5.69 Å². The Morgan fingerprint density at radius 3 is 2.36 bits per heavy atom. The van der Waals surface area contributed by atoms with E-state index in [4.69, 9.17) is 0 Å². The third kappa shape index (κ3) is 4.08. The Bertz CT molecular complexity index is 1010. The first-order chi connectivity index (χ1) is 13.3. The zero-order valence-corrected chi connectivity index (χ0v) is 15.8. The van der Waals surface area contributed by atoms with Crippen molar-refractivity contribution in [2.24, 2.45) is 0 Å². The van der Waals surface area contributed by atoms with Crippen LogP contribution in [0.4, 0.5) is 13.2 Å². The van der Waals surface area contributed by atoms with Gasteiger partial charge in [-0.2, -0.15) is 5.10 Å². The molecule has 1 aromatic heterocycles. The van der Waals surface area contributed by atoms with Crippen molar-refractivity contribution in [2.45, 2.75) is 26.8 Å². The molecule has 0 spiro atoms. The van der Waals surface area contributed by atoms with Gasteiger partial charge in [-0.15, -0.1) is 0 Å². The smallest absolute Gasteiger partial charge is 0.227 e. The molecule has 3 rings (SSSR count). The molecule has 2 aromatic carbocycles. The van der Waals surface area contributed by atoms with Crippen LogP contribution >= 0.6 is 0 Å². The molecule has 4 nitrogen and oxygen atoms in total. The highest BCUT2D eigenvalue weighted by Gasteiger charge is 2.18. The van der Waals surface area contributed by atoms with E-state index in [9.17, 15) is 18.0 Å². The van der Waals surface area contributed by atoms with Gasteiger partial charge < -0.3 is 4.90 Å². The fraction of sp³-hybridized carbons (Fsp3) is 0.238.